The molecule has 4 rings (SSSR count). The molecule has 0 unspecified atom stereocenters. The quantitative estimate of drug-likeness (QED) is 0.488. The van der Waals surface area contributed by atoms with E-state index in [1.54, 1.807) is 12.1 Å². The van der Waals surface area contributed by atoms with E-state index in [-0.39, 0.29) is 11.9 Å². The number of amides is 5. The van der Waals surface area contributed by atoms with Gasteiger partial charge in [0, 0.05) is 31.7 Å². The average molecular weight is 450 g/mol. The minimum atomic E-state index is -0.561. The fourth-order valence-corrected chi connectivity index (χ4v) is 4.37. The number of nitrogens with zero attached hydrogens (tertiary/aromatic N) is 1. The van der Waals surface area contributed by atoms with Crippen LogP contribution in [-0.4, -0.2) is 42.0 Å². The third-order valence-electron chi connectivity index (χ3n) is 6.13. The van der Waals surface area contributed by atoms with E-state index < -0.39 is 12.1 Å². The molecule has 5 amide bonds. The lowest BCUT2D eigenvalue weighted by molar-refractivity contribution is -0.120. The molecule has 174 valence electrons. The van der Waals surface area contributed by atoms with Crippen molar-refractivity contribution in [3.05, 3.63) is 65.2 Å². The molecule has 0 spiro atoms. The molecule has 2 fully saturated rings. The molecule has 0 saturated carbocycles. The summed E-state index contributed by atoms with van der Waals surface area (Å²) >= 11 is 0. The maximum Gasteiger partial charge on any atom is 0.322 e. The van der Waals surface area contributed by atoms with Gasteiger partial charge in [-0.3, -0.25) is 15.0 Å². The highest BCUT2D eigenvalue weighted by atomic mass is 16.2. The third kappa shape index (κ3) is 6.55. The summed E-state index contributed by atoms with van der Waals surface area (Å²) in [6.07, 6.45) is 3.00. The highest BCUT2D eigenvalue weighted by Crippen LogP contribution is 2.18. The number of nitrogens with one attached hydrogen (secondary N) is 4. The van der Waals surface area contributed by atoms with Crippen LogP contribution in [0.1, 0.15) is 36.5 Å². The van der Waals surface area contributed by atoms with E-state index >= 15 is 0 Å². The number of piperidine rings is 1. The summed E-state index contributed by atoms with van der Waals surface area (Å²) in [5.74, 6) is 0.448. The molecule has 33 heavy (non-hydrogen) atoms. The largest absolute Gasteiger partial charge is 0.334 e. The maximum atomic E-state index is 12.3. The van der Waals surface area contributed by atoms with Crippen molar-refractivity contribution in [3.63, 3.8) is 0 Å². The van der Waals surface area contributed by atoms with E-state index in [1.807, 2.05) is 12.1 Å². The Morgan fingerprint density at radius 3 is 2.39 bits per heavy atom. The SMILES string of the molecule is C[C@@H]1CCCN(Cc2ccc(CNC(=O)Nc3ccc(C[C@H]4NC(=O)NC4=O)cc3)cc2)C1. The number of anilines is 1. The minimum absolute atomic E-state index is 0.281. The van der Waals surface area contributed by atoms with Crippen molar-refractivity contribution in [2.24, 2.45) is 5.92 Å². The van der Waals surface area contributed by atoms with Crippen LogP contribution >= 0.6 is 0 Å². The molecular formula is C25H31N5O3. The summed E-state index contributed by atoms with van der Waals surface area (Å²) in [7, 11) is 0. The predicted octanol–water partition coefficient (Wildman–Crippen LogP) is 2.99. The van der Waals surface area contributed by atoms with Crippen molar-refractivity contribution in [3.8, 4) is 0 Å². The lowest BCUT2D eigenvalue weighted by Gasteiger charge is -2.30. The van der Waals surface area contributed by atoms with Crippen LogP contribution in [0.4, 0.5) is 15.3 Å². The van der Waals surface area contributed by atoms with Crippen molar-refractivity contribution in [2.75, 3.05) is 18.4 Å². The fraction of sp³-hybridized carbons (Fsp3) is 0.400. The number of rotatable bonds is 7. The van der Waals surface area contributed by atoms with Gasteiger partial charge in [-0.15, -0.1) is 0 Å². The molecule has 8 heteroatoms. The molecule has 2 heterocycles. The normalized spacial score (nSPS) is 20.8. The average Bonchev–Trinajstić information content (AvgIpc) is 3.11. The Hall–Kier alpha value is -3.39. The molecular weight excluding hydrogens is 418 g/mol. The molecule has 0 aliphatic carbocycles. The number of hydrogen-bond donors (Lipinski definition) is 4. The molecule has 2 atom stereocenters. The summed E-state index contributed by atoms with van der Waals surface area (Å²) in [5, 5.41) is 10.5. The van der Waals surface area contributed by atoms with Gasteiger partial charge in [-0.2, -0.15) is 0 Å². The first-order valence-electron chi connectivity index (χ1n) is 11.5. The topological polar surface area (TPSA) is 103 Å². The second-order valence-corrected chi connectivity index (χ2v) is 9.02. The van der Waals surface area contributed by atoms with E-state index in [1.165, 1.54) is 24.9 Å². The van der Waals surface area contributed by atoms with Gasteiger partial charge in [-0.05, 0) is 54.1 Å². The number of carbonyl (C=O) groups excluding carboxylic acids is 3. The predicted molar refractivity (Wildman–Crippen MR) is 127 cm³/mol. The van der Waals surface area contributed by atoms with E-state index in [2.05, 4.69) is 57.4 Å². The molecule has 0 radical (unpaired) electrons. The number of carbonyl (C=O) groups is 3. The first-order chi connectivity index (χ1) is 15.9. The molecule has 8 nitrogen and oxygen atoms in total. The smallest absolute Gasteiger partial charge is 0.322 e. The minimum Gasteiger partial charge on any atom is -0.334 e. The monoisotopic (exact) mass is 449 g/mol. The molecule has 0 bridgehead atoms. The number of urea groups is 2. The van der Waals surface area contributed by atoms with Gasteiger partial charge in [0.1, 0.15) is 6.04 Å². The second kappa shape index (κ2) is 10.5. The van der Waals surface area contributed by atoms with Crippen molar-refractivity contribution >= 4 is 23.7 Å². The van der Waals surface area contributed by atoms with Gasteiger partial charge in [0.2, 0.25) is 0 Å². The fourth-order valence-electron chi connectivity index (χ4n) is 4.37. The number of imide groups is 1. The Bertz CT molecular complexity index is 990. The van der Waals surface area contributed by atoms with Crippen LogP contribution in [0.15, 0.2) is 48.5 Å². The first-order valence-corrected chi connectivity index (χ1v) is 11.5. The van der Waals surface area contributed by atoms with Gasteiger partial charge in [0.25, 0.3) is 5.91 Å². The van der Waals surface area contributed by atoms with Gasteiger partial charge in [0.05, 0.1) is 0 Å². The summed E-state index contributed by atoms with van der Waals surface area (Å²) in [6.45, 7) is 6.07. The second-order valence-electron chi connectivity index (χ2n) is 9.02. The van der Waals surface area contributed by atoms with Crippen LogP contribution in [0.5, 0.6) is 0 Å². The Balaban J connectivity index is 1.20. The van der Waals surface area contributed by atoms with Gasteiger partial charge in [-0.1, -0.05) is 43.3 Å². The number of likely N-dealkylation sites (tertiary alicyclic amines) is 1. The molecule has 0 aromatic heterocycles. The molecule has 2 aromatic rings. The molecule has 2 aliphatic heterocycles. The maximum absolute atomic E-state index is 12.3. The van der Waals surface area contributed by atoms with E-state index in [4.69, 9.17) is 0 Å². The van der Waals surface area contributed by atoms with E-state index in [9.17, 15) is 14.4 Å². The highest BCUT2D eigenvalue weighted by molar-refractivity contribution is 6.04. The van der Waals surface area contributed by atoms with Crippen LogP contribution in [0, 0.1) is 5.92 Å². The summed E-state index contributed by atoms with van der Waals surface area (Å²) in [5.41, 5.74) is 3.89. The van der Waals surface area contributed by atoms with E-state index in [0.717, 1.165) is 30.1 Å². The van der Waals surface area contributed by atoms with Crippen LogP contribution < -0.4 is 21.3 Å². The summed E-state index contributed by atoms with van der Waals surface area (Å²) in [6, 6.07) is 14.3. The Labute approximate surface area is 194 Å². The van der Waals surface area contributed by atoms with Gasteiger partial charge in [0.15, 0.2) is 0 Å². The molecule has 4 N–H and O–H groups in total. The number of benzene rings is 2. The Kier molecular flexibility index (Phi) is 7.24. The Morgan fingerprint density at radius 2 is 1.73 bits per heavy atom. The molecule has 2 aromatic carbocycles. The lowest BCUT2D eigenvalue weighted by Crippen LogP contribution is -2.33. The highest BCUT2D eigenvalue weighted by Gasteiger charge is 2.29. The first kappa shape index (κ1) is 22.8. The van der Waals surface area contributed by atoms with Crippen molar-refractivity contribution < 1.29 is 14.4 Å². The standard InChI is InChI=1S/C25H31N5O3/c1-17-3-2-12-30(15-17)16-20-6-4-19(5-7-20)14-26-24(32)27-21-10-8-18(9-11-21)13-22-23(31)29-25(33)28-22/h4-11,17,22H,2-3,12-16H2,1H3,(H2,26,27,32)(H2,28,29,31,33)/t17-,22-/m1/s1. The van der Waals surface area contributed by atoms with Crippen molar-refractivity contribution in [1.29, 1.82) is 0 Å². The zero-order chi connectivity index (χ0) is 23.2. The van der Waals surface area contributed by atoms with Crippen LogP contribution in [0.25, 0.3) is 0 Å². The van der Waals surface area contributed by atoms with E-state index in [0.29, 0.717) is 18.7 Å². The van der Waals surface area contributed by atoms with Gasteiger partial charge < -0.3 is 16.0 Å². The zero-order valence-corrected chi connectivity index (χ0v) is 18.9. The number of hydrogen-bond acceptors (Lipinski definition) is 4. The van der Waals surface area contributed by atoms with Crippen LogP contribution in [-0.2, 0) is 24.3 Å². The Morgan fingerprint density at radius 1 is 1.03 bits per heavy atom. The third-order valence-corrected chi connectivity index (χ3v) is 6.13. The van der Waals surface area contributed by atoms with Crippen LogP contribution in [0.2, 0.25) is 0 Å². The molecule has 2 aliphatic rings. The lowest BCUT2D eigenvalue weighted by atomic mass is 9.99. The summed E-state index contributed by atoms with van der Waals surface area (Å²) in [4.78, 5) is 37.6. The zero-order valence-electron chi connectivity index (χ0n) is 18.9. The van der Waals surface area contributed by atoms with Gasteiger partial charge >= 0.3 is 12.1 Å². The van der Waals surface area contributed by atoms with Crippen molar-refractivity contribution in [2.45, 2.75) is 45.3 Å². The molecule has 2 saturated heterocycles. The summed E-state index contributed by atoms with van der Waals surface area (Å²) < 4.78 is 0. The van der Waals surface area contributed by atoms with Gasteiger partial charge in [-0.25, -0.2) is 9.59 Å². The van der Waals surface area contributed by atoms with Crippen LogP contribution in [0.3, 0.4) is 0 Å². The van der Waals surface area contributed by atoms with Crippen molar-refractivity contribution in [1.82, 2.24) is 20.9 Å².